The molecule has 1 aromatic heterocycles. The van der Waals surface area contributed by atoms with Crippen molar-refractivity contribution in [1.29, 1.82) is 0 Å². The lowest BCUT2D eigenvalue weighted by Gasteiger charge is -2.31. The predicted octanol–water partition coefficient (Wildman–Crippen LogP) is 1.97. The van der Waals surface area contributed by atoms with Crippen LogP contribution in [0.5, 0.6) is 0 Å². The Morgan fingerprint density at radius 3 is 2.68 bits per heavy atom. The van der Waals surface area contributed by atoms with Crippen LogP contribution in [-0.4, -0.2) is 21.8 Å². The highest BCUT2D eigenvalue weighted by molar-refractivity contribution is 7.99. The molecule has 0 saturated heterocycles. The summed E-state index contributed by atoms with van der Waals surface area (Å²) in [5.74, 6) is -2.87. The molecule has 19 heavy (non-hydrogen) atoms. The zero-order valence-corrected chi connectivity index (χ0v) is 10.1. The summed E-state index contributed by atoms with van der Waals surface area (Å²) in [7, 11) is 0. The minimum absolute atomic E-state index is 0.00746. The van der Waals surface area contributed by atoms with Crippen LogP contribution in [0.25, 0.3) is 0 Å². The highest BCUT2D eigenvalue weighted by atomic mass is 32.2. The highest BCUT2D eigenvalue weighted by Gasteiger charge is 2.45. The van der Waals surface area contributed by atoms with Crippen LogP contribution in [0.15, 0.2) is 11.1 Å². The molecule has 104 valence electrons. The third-order valence-corrected chi connectivity index (χ3v) is 3.94. The normalized spacial score (nSPS) is 23.0. The van der Waals surface area contributed by atoms with Crippen molar-refractivity contribution in [2.75, 3.05) is 5.75 Å². The van der Waals surface area contributed by atoms with Crippen LogP contribution in [-0.2, 0) is 16.5 Å². The Morgan fingerprint density at radius 2 is 2.16 bits per heavy atom. The summed E-state index contributed by atoms with van der Waals surface area (Å²) in [6.45, 7) is 0. The smallest absolute Gasteiger partial charge is 0.436 e. The average molecular weight is 296 g/mol. The Hall–Kier alpha value is -1.35. The number of fused-ring (bicyclic) bond motifs is 1. The minimum atomic E-state index is -4.93. The lowest BCUT2D eigenvalue weighted by Crippen LogP contribution is -2.47. The number of carboxylic acid groups (broad SMARTS) is 1. The van der Waals surface area contributed by atoms with Crippen LogP contribution in [0.4, 0.5) is 17.6 Å². The Bertz CT molecular complexity index is 549. The Morgan fingerprint density at radius 1 is 1.53 bits per heavy atom. The standard InChI is InChI=1S/C10H8F4N2O2S/c11-5-6-4(3-16-7(5)10(12,13)14)9(15,8(17)18)1-2-19-6/h3H,1-2,15H2,(H,17,18)/t9-/m0/s1. The summed E-state index contributed by atoms with van der Waals surface area (Å²) in [6, 6.07) is 0. The summed E-state index contributed by atoms with van der Waals surface area (Å²) in [5, 5.41) is 9.06. The minimum Gasteiger partial charge on any atom is -0.480 e. The van der Waals surface area contributed by atoms with E-state index >= 15 is 0 Å². The van der Waals surface area contributed by atoms with Crippen LogP contribution in [0.2, 0.25) is 0 Å². The molecule has 0 aliphatic carbocycles. The molecule has 0 bridgehead atoms. The van der Waals surface area contributed by atoms with E-state index in [1.165, 1.54) is 0 Å². The van der Waals surface area contributed by atoms with Gasteiger partial charge in [-0.05, 0) is 6.42 Å². The van der Waals surface area contributed by atoms with Crippen LogP contribution < -0.4 is 5.73 Å². The fourth-order valence-electron chi connectivity index (χ4n) is 1.80. The first-order valence-corrected chi connectivity index (χ1v) is 6.07. The molecule has 1 atom stereocenters. The maximum absolute atomic E-state index is 13.8. The first-order chi connectivity index (χ1) is 8.68. The van der Waals surface area contributed by atoms with Crippen molar-refractivity contribution in [2.24, 2.45) is 5.73 Å². The Labute approximate surface area is 109 Å². The molecule has 3 N–H and O–H groups in total. The van der Waals surface area contributed by atoms with Gasteiger partial charge in [-0.25, -0.2) is 14.2 Å². The molecule has 0 spiro atoms. The van der Waals surface area contributed by atoms with Gasteiger partial charge in [-0.3, -0.25) is 0 Å². The molecule has 0 saturated carbocycles. The lowest BCUT2D eigenvalue weighted by molar-refractivity contribution is -0.144. The molecule has 9 heteroatoms. The van der Waals surface area contributed by atoms with Crippen molar-refractivity contribution in [2.45, 2.75) is 23.0 Å². The summed E-state index contributed by atoms with van der Waals surface area (Å²) in [6.07, 6.45) is -4.24. The van der Waals surface area contributed by atoms with Crippen molar-refractivity contribution < 1.29 is 27.5 Å². The lowest BCUT2D eigenvalue weighted by atomic mass is 9.89. The number of nitrogens with two attached hydrogens (primary N) is 1. The number of rotatable bonds is 1. The number of pyridine rings is 1. The third-order valence-electron chi connectivity index (χ3n) is 2.85. The molecule has 0 radical (unpaired) electrons. The highest BCUT2D eigenvalue weighted by Crippen LogP contribution is 2.43. The molecular formula is C10H8F4N2O2S. The van der Waals surface area contributed by atoms with Gasteiger partial charge < -0.3 is 10.8 Å². The maximum atomic E-state index is 13.8. The molecule has 1 aromatic rings. The van der Waals surface area contributed by atoms with Crippen molar-refractivity contribution in [1.82, 2.24) is 4.98 Å². The van der Waals surface area contributed by atoms with Gasteiger partial charge in [0.1, 0.15) is 5.54 Å². The first-order valence-electron chi connectivity index (χ1n) is 5.09. The second-order valence-electron chi connectivity index (χ2n) is 4.04. The largest absolute Gasteiger partial charge is 0.480 e. The van der Waals surface area contributed by atoms with Crippen LogP contribution >= 0.6 is 11.8 Å². The fraction of sp³-hybridized carbons (Fsp3) is 0.400. The number of carboxylic acids is 1. The molecule has 2 rings (SSSR count). The van der Waals surface area contributed by atoms with Crippen molar-refractivity contribution >= 4 is 17.7 Å². The number of aliphatic carboxylic acids is 1. The van der Waals surface area contributed by atoms with E-state index in [1.807, 2.05) is 0 Å². The van der Waals surface area contributed by atoms with E-state index in [2.05, 4.69) is 4.98 Å². The van der Waals surface area contributed by atoms with Crippen molar-refractivity contribution in [3.05, 3.63) is 23.3 Å². The molecular weight excluding hydrogens is 288 g/mol. The quantitative estimate of drug-likeness (QED) is 0.775. The number of halogens is 4. The Balaban J connectivity index is 2.65. The van der Waals surface area contributed by atoms with E-state index in [1.54, 1.807) is 0 Å². The number of hydrogen-bond acceptors (Lipinski definition) is 4. The number of alkyl halides is 3. The summed E-state index contributed by atoms with van der Waals surface area (Å²) >= 11 is 0.807. The van der Waals surface area contributed by atoms with Gasteiger partial charge >= 0.3 is 12.1 Å². The third kappa shape index (κ3) is 2.16. The van der Waals surface area contributed by atoms with Gasteiger partial charge in [-0.15, -0.1) is 11.8 Å². The molecule has 0 fully saturated rings. The second-order valence-corrected chi connectivity index (χ2v) is 5.14. The van der Waals surface area contributed by atoms with Gasteiger partial charge in [-0.1, -0.05) is 0 Å². The van der Waals surface area contributed by atoms with Gasteiger partial charge in [0.05, 0.1) is 4.90 Å². The van der Waals surface area contributed by atoms with Crippen molar-refractivity contribution in [3.8, 4) is 0 Å². The maximum Gasteiger partial charge on any atom is 0.436 e. The molecule has 2 heterocycles. The summed E-state index contributed by atoms with van der Waals surface area (Å²) < 4.78 is 51.3. The predicted molar refractivity (Wildman–Crippen MR) is 58.0 cm³/mol. The van der Waals surface area contributed by atoms with Gasteiger partial charge in [0, 0.05) is 17.5 Å². The molecule has 4 nitrogen and oxygen atoms in total. The monoisotopic (exact) mass is 296 g/mol. The fourth-order valence-corrected chi connectivity index (χ4v) is 3.04. The molecule has 0 aromatic carbocycles. The number of hydrogen-bond donors (Lipinski definition) is 2. The Kier molecular flexibility index (Phi) is 3.21. The number of nitrogens with zero attached hydrogens (tertiary/aromatic N) is 1. The van der Waals surface area contributed by atoms with E-state index in [-0.39, 0.29) is 17.7 Å². The number of aromatic nitrogens is 1. The van der Waals surface area contributed by atoms with E-state index in [0.29, 0.717) is 6.20 Å². The topological polar surface area (TPSA) is 76.2 Å². The van der Waals surface area contributed by atoms with E-state index in [0.717, 1.165) is 11.8 Å². The second kappa shape index (κ2) is 4.34. The number of thioether (sulfide) groups is 1. The molecule has 1 aliphatic heterocycles. The van der Waals surface area contributed by atoms with Gasteiger partial charge in [0.15, 0.2) is 11.5 Å². The van der Waals surface area contributed by atoms with Gasteiger partial charge in [0.25, 0.3) is 0 Å². The summed E-state index contributed by atoms with van der Waals surface area (Å²) in [5.41, 5.74) is 1.86. The van der Waals surface area contributed by atoms with Gasteiger partial charge in [0.2, 0.25) is 0 Å². The van der Waals surface area contributed by atoms with Gasteiger partial charge in [-0.2, -0.15) is 13.2 Å². The summed E-state index contributed by atoms with van der Waals surface area (Å²) in [4.78, 5) is 13.7. The van der Waals surface area contributed by atoms with Crippen LogP contribution in [0.1, 0.15) is 17.7 Å². The zero-order valence-electron chi connectivity index (χ0n) is 9.29. The average Bonchev–Trinajstić information content (AvgIpc) is 2.29. The van der Waals surface area contributed by atoms with E-state index in [9.17, 15) is 22.4 Å². The van der Waals surface area contributed by atoms with E-state index in [4.69, 9.17) is 10.8 Å². The molecule has 0 unspecified atom stereocenters. The number of carbonyl (C=O) groups is 1. The molecule has 1 aliphatic rings. The SMILES string of the molecule is N[C@@]1(C(=O)O)CCSc2c1cnc(C(F)(F)F)c2F. The van der Waals surface area contributed by atoms with Crippen molar-refractivity contribution in [3.63, 3.8) is 0 Å². The van der Waals surface area contributed by atoms with Crippen LogP contribution in [0.3, 0.4) is 0 Å². The molecule has 0 amide bonds. The van der Waals surface area contributed by atoms with Crippen LogP contribution in [0, 0.1) is 5.82 Å². The zero-order chi connectivity index (χ0) is 14.4. The first kappa shape index (κ1) is 14.1. The van der Waals surface area contributed by atoms with E-state index < -0.39 is 34.1 Å².